The van der Waals surface area contributed by atoms with Crippen molar-refractivity contribution in [3.05, 3.63) is 71.5 Å². The Bertz CT molecular complexity index is 943. The summed E-state index contributed by atoms with van der Waals surface area (Å²) in [5, 5.41) is 12.1. The van der Waals surface area contributed by atoms with Gasteiger partial charge in [-0.3, -0.25) is 4.79 Å². The largest absolute Gasteiger partial charge is 0.491 e. The zero-order valence-electron chi connectivity index (χ0n) is 15.7. The third-order valence-corrected chi connectivity index (χ3v) is 4.06. The van der Waals surface area contributed by atoms with Gasteiger partial charge in [0.2, 0.25) is 0 Å². The van der Waals surface area contributed by atoms with Crippen molar-refractivity contribution in [2.24, 2.45) is 0 Å². The summed E-state index contributed by atoms with van der Waals surface area (Å²) in [7, 11) is 0. The molecule has 0 saturated heterocycles. The van der Waals surface area contributed by atoms with E-state index < -0.39 is 0 Å². The number of benzene rings is 2. The fourth-order valence-electron chi connectivity index (χ4n) is 2.71. The van der Waals surface area contributed by atoms with Crippen LogP contribution in [0.5, 0.6) is 5.75 Å². The molecule has 1 aromatic heterocycles. The van der Waals surface area contributed by atoms with Crippen LogP contribution in [0.4, 0.5) is 5.69 Å². The fraction of sp³-hybridized carbons (Fsp3) is 0.227. The number of aryl methyl sites for hydroxylation is 1. The van der Waals surface area contributed by atoms with Crippen LogP contribution in [0.25, 0.3) is 11.3 Å². The van der Waals surface area contributed by atoms with E-state index in [-0.39, 0.29) is 18.6 Å². The van der Waals surface area contributed by atoms with Crippen LogP contribution in [0.1, 0.15) is 35.5 Å². The number of ether oxygens (including phenoxy) is 1. The summed E-state index contributed by atoms with van der Waals surface area (Å²) in [6, 6.07) is 16.3. The van der Waals surface area contributed by atoms with Crippen molar-refractivity contribution < 1.29 is 19.1 Å². The van der Waals surface area contributed by atoms with Gasteiger partial charge in [0.1, 0.15) is 23.9 Å². The van der Waals surface area contributed by atoms with E-state index in [0.717, 1.165) is 11.1 Å². The molecule has 0 spiro atoms. The molecule has 0 bridgehead atoms. The fourth-order valence-corrected chi connectivity index (χ4v) is 2.71. The Morgan fingerprint density at radius 2 is 1.96 bits per heavy atom. The maximum atomic E-state index is 12.7. The van der Waals surface area contributed by atoms with Crippen molar-refractivity contribution in [1.82, 2.24) is 0 Å². The smallest absolute Gasteiger partial charge is 0.255 e. The van der Waals surface area contributed by atoms with Gasteiger partial charge in [0.25, 0.3) is 5.91 Å². The molecule has 2 N–H and O–H groups in total. The van der Waals surface area contributed by atoms with E-state index in [9.17, 15) is 4.79 Å². The Morgan fingerprint density at radius 1 is 1.15 bits per heavy atom. The zero-order valence-corrected chi connectivity index (χ0v) is 15.7. The molecule has 0 saturated carbocycles. The van der Waals surface area contributed by atoms with Crippen LogP contribution in [0, 0.1) is 6.92 Å². The first kappa shape index (κ1) is 18.7. The van der Waals surface area contributed by atoms with E-state index in [1.807, 2.05) is 45.0 Å². The summed E-state index contributed by atoms with van der Waals surface area (Å²) < 4.78 is 11.2. The predicted octanol–water partition coefficient (Wildman–Crippen LogP) is 4.79. The number of anilines is 1. The molecule has 3 aromatic rings. The lowest BCUT2D eigenvalue weighted by atomic mass is 10.1. The van der Waals surface area contributed by atoms with E-state index >= 15 is 0 Å². The summed E-state index contributed by atoms with van der Waals surface area (Å²) >= 11 is 0. The molecule has 0 fully saturated rings. The van der Waals surface area contributed by atoms with Crippen LogP contribution >= 0.6 is 0 Å². The minimum atomic E-state index is -0.208. The van der Waals surface area contributed by atoms with Crippen LogP contribution in [-0.2, 0) is 6.61 Å². The van der Waals surface area contributed by atoms with E-state index in [0.29, 0.717) is 28.5 Å². The number of carbonyl (C=O) groups is 1. The molecule has 0 atom stereocenters. The molecule has 0 unspecified atom stereocenters. The Kier molecular flexibility index (Phi) is 5.62. The van der Waals surface area contributed by atoms with E-state index in [1.165, 1.54) is 0 Å². The first-order chi connectivity index (χ1) is 13.0. The lowest BCUT2D eigenvalue weighted by Gasteiger charge is -2.12. The Labute approximate surface area is 158 Å². The second-order valence-corrected chi connectivity index (χ2v) is 6.60. The predicted molar refractivity (Wildman–Crippen MR) is 105 cm³/mol. The van der Waals surface area contributed by atoms with E-state index in [2.05, 4.69) is 5.32 Å². The van der Waals surface area contributed by atoms with E-state index in [1.54, 1.807) is 30.3 Å². The highest BCUT2D eigenvalue weighted by Crippen LogP contribution is 2.27. The maximum Gasteiger partial charge on any atom is 0.255 e. The summed E-state index contributed by atoms with van der Waals surface area (Å²) in [4.78, 5) is 12.7. The highest BCUT2D eigenvalue weighted by Gasteiger charge is 2.12. The van der Waals surface area contributed by atoms with E-state index in [4.69, 9.17) is 14.3 Å². The standard InChI is InChI=1S/C22H23NO4/c1-14(2)26-18-6-4-5-17(11-18)22(25)23-20-12-16(8-7-15(20)3)21-10-9-19(13-24)27-21/h4-12,14,24H,13H2,1-3H3,(H,23,25). The minimum absolute atomic E-state index is 0.0411. The molecular weight excluding hydrogens is 342 g/mol. The summed E-state index contributed by atoms with van der Waals surface area (Å²) in [5.41, 5.74) is 3.00. The number of aliphatic hydroxyl groups is 1. The molecule has 3 rings (SSSR count). The number of aliphatic hydroxyl groups excluding tert-OH is 1. The summed E-state index contributed by atoms with van der Waals surface area (Å²) in [6.45, 7) is 5.67. The SMILES string of the molecule is Cc1ccc(-c2ccc(CO)o2)cc1NC(=O)c1cccc(OC(C)C)c1. The van der Waals surface area contributed by atoms with Gasteiger partial charge in [-0.05, 0) is 62.7 Å². The Hall–Kier alpha value is -3.05. The highest BCUT2D eigenvalue weighted by atomic mass is 16.5. The third kappa shape index (κ3) is 4.57. The molecular formula is C22H23NO4. The second-order valence-electron chi connectivity index (χ2n) is 6.60. The van der Waals surface area contributed by atoms with Crippen LogP contribution < -0.4 is 10.1 Å². The molecule has 0 aliphatic heterocycles. The van der Waals surface area contributed by atoms with Gasteiger partial charge in [-0.25, -0.2) is 0 Å². The number of carbonyl (C=O) groups excluding carboxylic acids is 1. The molecule has 2 aromatic carbocycles. The minimum Gasteiger partial charge on any atom is -0.491 e. The van der Waals surface area contributed by atoms with Gasteiger partial charge >= 0.3 is 0 Å². The van der Waals surface area contributed by atoms with Crippen molar-refractivity contribution in [1.29, 1.82) is 0 Å². The van der Waals surface area contributed by atoms with Crippen LogP contribution in [0.2, 0.25) is 0 Å². The van der Waals surface area contributed by atoms with Crippen LogP contribution in [-0.4, -0.2) is 17.1 Å². The van der Waals surface area contributed by atoms with Gasteiger partial charge in [-0.1, -0.05) is 18.2 Å². The second kappa shape index (κ2) is 8.10. The molecule has 0 aliphatic carbocycles. The lowest BCUT2D eigenvalue weighted by Crippen LogP contribution is -2.13. The average molecular weight is 365 g/mol. The van der Waals surface area contributed by atoms with Gasteiger partial charge in [-0.2, -0.15) is 0 Å². The molecule has 0 aliphatic rings. The molecule has 5 nitrogen and oxygen atoms in total. The van der Waals surface area contributed by atoms with Gasteiger partial charge < -0.3 is 19.6 Å². The Morgan fingerprint density at radius 3 is 2.67 bits per heavy atom. The normalized spacial score (nSPS) is 10.9. The van der Waals surface area contributed by atoms with Crippen molar-refractivity contribution in [2.45, 2.75) is 33.5 Å². The molecule has 1 amide bonds. The van der Waals surface area contributed by atoms with Gasteiger partial charge in [0, 0.05) is 16.8 Å². The number of nitrogens with one attached hydrogen (secondary N) is 1. The monoisotopic (exact) mass is 365 g/mol. The van der Waals surface area contributed by atoms with Crippen molar-refractivity contribution in [3.63, 3.8) is 0 Å². The average Bonchev–Trinajstić information content (AvgIpc) is 3.12. The van der Waals surface area contributed by atoms with Crippen LogP contribution in [0.3, 0.4) is 0 Å². The lowest BCUT2D eigenvalue weighted by molar-refractivity contribution is 0.102. The summed E-state index contributed by atoms with van der Waals surface area (Å²) in [6.07, 6.45) is 0.0411. The zero-order chi connectivity index (χ0) is 19.4. The molecule has 140 valence electrons. The molecule has 0 radical (unpaired) electrons. The number of hydrogen-bond donors (Lipinski definition) is 2. The number of hydrogen-bond acceptors (Lipinski definition) is 4. The van der Waals surface area contributed by atoms with Crippen molar-refractivity contribution in [3.8, 4) is 17.1 Å². The topological polar surface area (TPSA) is 71.7 Å². The van der Waals surface area contributed by atoms with Crippen LogP contribution in [0.15, 0.2) is 59.0 Å². The Balaban J connectivity index is 1.82. The first-order valence-corrected chi connectivity index (χ1v) is 8.85. The molecule has 1 heterocycles. The van der Waals surface area contributed by atoms with Gasteiger partial charge in [0.15, 0.2) is 0 Å². The summed E-state index contributed by atoms with van der Waals surface area (Å²) in [5.74, 6) is 1.59. The maximum absolute atomic E-state index is 12.7. The highest BCUT2D eigenvalue weighted by molar-refractivity contribution is 6.05. The number of rotatable bonds is 6. The first-order valence-electron chi connectivity index (χ1n) is 8.85. The van der Waals surface area contributed by atoms with Gasteiger partial charge in [0.05, 0.1) is 6.10 Å². The number of furan rings is 1. The number of amides is 1. The quantitative estimate of drug-likeness (QED) is 0.659. The molecule has 5 heteroatoms. The van der Waals surface area contributed by atoms with Gasteiger partial charge in [-0.15, -0.1) is 0 Å². The van der Waals surface area contributed by atoms with Crippen molar-refractivity contribution in [2.75, 3.05) is 5.32 Å². The third-order valence-electron chi connectivity index (χ3n) is 4.06. The van der Waals surface area contributed by atoms with Crippen molar-refractivity contribution >= 4 is 11.6 Å². The molecule has 27 heavy (non-hydrogen) atoms.